The lowest BCUT2D eigenvalue weighted by Crippen LogP contribution is -2.03. The molecule has 0 fully saturated rings. The normalized spacial score (nSPS) is 12.1. The van der Waals surface area contributed by atoms with Crippen molar-refractivity contribution in [3.63, 3.8) is 0 Å². The number of rotatable bonds is 3. The number of nitrogens with zero attached hydrogens (tertiary/aromatic N) is 5. The van der Waals surface area contributed by atoms with Crippen LogP contribution in [0, 0.1) is 0 Å². The molecule has 0 atom stereocenters. The Kier molecular flexibility index (Phi) is 12.4. The highest BCUT2D eigenvalue weighted by Gasteiger charge is 2.26. The summed E-state index contributed by atoms with van der Waals surface area (Å²) in [4.78, 5) is 23.7. The molecule has 6 nitrogen and oxygen atoms in total. The minimum atomic E-state index is 0.286. The molecule has 444 valence electrons. The zero-order chi connectivity index (χ0) is 62.4. The molecule has 0 spiro atoms. The summed E-state index contributed by atoms with van der Waals surface area (Å²) < 4.78 is 12.2. The average Bonchev–Trinajstić information content (AvgIpc) is 1.56. The van der Waals surface area contributed by atoms with Crippen LogP contribution in [-0.2, 0) is 0 Å². The van der Waals surface area contributed by atoms with Gasteiger partial charge in [-0.2, -0.15) is 0 Å². The van der Waals surface area contributed by atoms with E-state index in [9.17, 15) is 0 Å². The van der Waals surface area contributed by atoms with Crippen LogP contribution in [0.25, 0.3) is 196 Å². The topological polar surface area (TPSA) is 72.3 Å². The molecule has 22 rings (SSSR count). The third-order valence-corrected chi connectivity index (χ3v) is 23.7. The molecule has 0 amide bonds. The van der Waals surface area contributed by atoms with Crippen molar-refractivity contribution in [2.45, 2.75) is 0 Å². The summed E-state index contributed by atoms with van der Waals surface area (Å²) in [5.74, 6) is 0.699. The quantitative estimate of drug-likeness (QED) is 0.179. The number of aromatic amines is 1. The summed E-state index contributed by atoms with van der Waals surface area (Å²) in [5.41, 5.74) is 10.7. The number of hydrogen-bond donors (Lipinski definition) is 1. The van der Waals surface area contributed by atoms with Gasteiger partial charge in [0.1, 0.15) is 0 Å². The maximum absolute atomic E-state index is 6.23. The van der Waals surface area contributed by atoms with E-state index in [0.717, 1.165) is 59.2 Å². The van der Waals surface area contributed by atoms with Gasteiger partial charge in [-0.3, -0.25) is 4.57 Å². The molecule has 0 aliphatic carbocycles. The third kappa shape index (κ3) is 8.52. The molecule has 0 bridgehead atoms. The van der Waals surface area contributed by atoms with E-state index in [4.69, 9.17) is 21.6 Å². The Morgan fingerprint density at radius 2 is 0.716 bits per heavy atom. The van der Waals surface area contributed by atoms with Gasteiger partial charge in [-0.15, -0.1) is 45.3 Å². The zero-order valence-corrected chi connectivity index (χ0v) is 54.3. The molecule has 22 aromatic rings. The second kappa shape index (κ2) is 21.6. The van der Waals surface area contributed by atoms with Gasteiger partial charge in [0.15, 0.2) is 0 Å². The van der Waals surface area contributed by atoms with Crippen molar-refractivity contribution in [1.29, 1.82) is 0 Å². The van der Waals surface area contributed by atoms with Gasteiger partial charge < -0.3 is 4.98 Å². The van der Waals surface area contributed by atoms with Gasteiger partial charge in [-0.05, 0) is 103 Å². The smallest absolute Gasteiger partial charge is 0.235 e. The Hall–Kier alpha value is -11.0. The highest BCUT2D eigenvalue weighted by molar-refractivity contribution is 7.28. The molecule has 0 saturated carbocycles. The van der Waals surface area contributed by atoms with Crippen molar-refractivity contribution in [3.8, 4) is 28.5 Å². The van der Waals surface area contributed by atoms with Gasteiger partial charge >= 0.3 is 0 Å². The lowest BCUT2D eigenvalue weighted by Gasteiger charge is -2.12. The van der Waals surface area contributed by atoms with Crippen molar-refractivity contribution in [2.75, 3.05) is 0 Å². The summed E-state index contributed by atoms with van der Waals surface area (Å²) >= 11 is 13.5. The van der Waals surface area contributed by atoms with Gasteiger partial charge in [0.25, 0.3) is 0 Å². The largest absolute Gasteiger partial charge is 0.353 e. The lowest BCUT2D eigenvalue weighted by atomic mass is 9.99. The standard InChI is InChI=1S/C42H23N3S2.C22H13NS.C20H11ClN2S/c1-2-12-25-23-26(22-21-24(25)11-1)37-41-38(31-17-7-10-20-34(31)47-41)44-42(43-37)45-32-18-8-5-15-29(32)35-27-13-3-4-14-28(27)36-30-16-6-9-19-33(30)46-40(36)39(35)45;1-2-8-14-13(7-1)19-15-9-3-5-11-17(15)23-21(19)22-20(14)16-10-4-6-12-18(16)24-22;21-20-22-17(14-10-9-12-5-1-2-6-13(12)11-14)19-18(23-20)15-7-3-4-8-16(15)24-19/h1-23H;1-12,23H;1-11H. The summed E-state index contributed by atoms with van der Waals surface area (Å²) in [6, 6.07) is 99.4. The van der Waals surface area contributed by atoms with E-state index in [1.807, 2.05) is 46.9 Å². The van der Waals surface area contributed by atoms with Gasteiger partial charge in [-0.1, -0.05) is 231 Å². The molecule has 11 heteroatoms. The lowest BCUT2D eigenvalue weighted by molar-refractivity contribution is 1.02. The highest BCUT2D eigenvalue weighted by Crippen LogP contribution is 2.50. The minimum absolute atomic E-state index is 0.286. The molecule has 8 heterocycles. The van der Waals surface area contributed by atoms with Crippen molar-refractivity contribution in [3.05, 3.63) is 284 Å². The molecule has 0 saturated heterocycles. The predicted molar refractivity (Wildman–Crippen MR) is 412 cm³/mol. The molecule has 14 aromatic carbocycles. The SMILES string of the molecule is Clc1nc(-c2ccc3ccccc3c2)c2sc3ccccc3c2n1.c1ccc2c(c1)[nH]c1c3sc4ccccc4c3c3ccccc3c21.c1ccc2cc(-c3nc(-n4c5ccccc5c5c6ccccc6c6c7ccccc7sc6c54)nc4c3sc3ccccc34)ccc2c1. The maximum atomic E-state index is 6.23. The van der Waals surface area contributed by atoms with Crippen LogP contribution in [0.15, 0.2) is 279 Å². The number of hydrogen-bond acceptors (Lipinski definition) is 8. The van der Waals surface area contributed by atoms with Crippen LogP contribution in [0.3, 0.4) is 0 Å². The van der Waals surface area contributed by atoms with E-state index in [0.29, 0.717) is 5.95 Å². The first kappa shape index (κ1) is 54.6. The summed E-state index contributed by atoms with van der Waals surface area (Å²) in [5, 5.41) is 23.1. The van der Waals surface area contributed by atoms with E-state index in [1.54, 1.807) is 22.7 Å². The molecule has 95 heavy (non-hydrogen) atoms. The van der Waals surface area contributed by atoms with E-state index in [1.165, 1.54) is 131 Å². The summed E-state index contributed by atoms with van der Waals surface area (Å²) in [6.07, 6.45) is 0. The Morgan fingerprint density at radius 3 is 1.31 bits per heavy atom. The number of aromatic nitrogens is 6. The molecular weight excluding hydrogens is 1260 g/mol. The van der Waals surface area contributed by atoms with E-state index >= 15 is 0 Å². The predicted octanol–water partition coefficient (Wildman–Crippen LogP) is 25.4. The van der Waals surface area contributed by atoms with Crippen molar-refractivity contribution in [1.82, 2.24) is 29.5 Å². The van der Waals surface area contributed by atoms with Gasteiger partial charge in [0, 0.05) is 89.3 Å². The fourth-order valence-electron chi connectivity index (χ4n) is 14.6. The van der Waals surface area contributed by atoms with Crippen molar-refractivity contribution < 1.29 is 0 Å². The number of para-hydroxylation sites is 2. The molecule has 8 aromatic heterocycles. The third-order valence-electron chi connectivity index (χ3n) is 18.8. The molecule has 1 N–H and O–H groups in total. The number of fused-ring (bicyclic) bond motifs is 28. The molecule has 0 aliphatic rings. The molecule has 0 aliphatic heterocycles. The Labute approximate surface area is 562 Å². The van der Waals surface area contributed by atoms with Crippen LogP contribution in [0.2, 0.25) is 5.28 Å². The van der Waals surface area contributed by atoms with Crippen molar-refractivity contribution >= 4 is 225 Å². The summed E-state index contributed by atoms with van der Waals surface area (Å²) in [6.45, 7) is 0. The monoisotopic (exact) mass is 1300 g/mol. The minimum Gasteiger partial charge on any atom is -0.353 e. The Balaban J connectivity index is 0.000000108. The fraction of sp³-hybridized carbons (Fsp3) is 0. The van der Waals surface area contributed by atoms with Crippen LogP contribution < -0.4 is 0 Å². The Bertz CT molecular complexity index is 6860. The van der Waals surface area contributed by atoms with Crippen LogP contribution >= 0.6 is 56.9 Å². The average molecular weight is 1300 g/mol. The van der Waals surface area contributed by atoms with Gasteiger partial charge in [-0.25, -0.2) is 19.9 Å². The maximum Gasteiger partial charge on any atom is 0.235 e. The van der Waals surface area contributed by atoms with E-state index in [2.05, 4.69) is 274 Å². The number of thiophene rings is 4. The zero-order valence-electron chi connectivity index (χ0n) is 50.3. The van der Waals surface area contributed by atoms with E-state index in [-0.39, 0.29) is 5.28 Å². The second-order valence-corrected chi connectivity index (χ2v) is 28.6. The van der Waals surface area contributed by atoms with Crippen LogP contribution in [-0.4, -0.2) is 29.5 Å². The summed E-state index contributed by atoms with van der Waals surface area (Å²) in [7, 11) is 0. The second-order valence-electron chi connectivity index (χ2n) is 24.1. The van der Waals surface area contributed by atoms with E-state index < -0.39 is 0 Å². The van der Waals surface area contributed by atoms with Crippen molar-refractivity contribution in [2.24, 2.45) is 0 Å². The number of nitrogens with one attached hydrogen (secondary N) is 1. The van der Waals surface area contributed by atoms with Crippen LogP contribution in [0.4, 0.5) is 0 Å². The van der Waals surface area contributed by atoms with Gasteiger partial charge in [0.05, 0.1) is 57.8 Å². The number of H-pyrrole nitrogens is 1. The first-order chi connectivity index (χ1) is 47.0. The van der Waals surface area contributed by atoms with Crippen LogP contribution in [0.1, 0.15) is 0 Å². The molecule has 0 radical (unpaired) electrons. The molecular formula is C84H47ClN6S4. The van der Waals surface area contributed by atoms with Crippen LogP contribution in [0.5, 0.6) is 0 Å². The Morgan fingerprint density at radius 1 is 0.305 bits per heavy atom. The number of benzene rings is 14. The highest BCUT2D eigenvalue weighted by atomic mass is 35.5. The number of halogens is 1. The first-order valence-corrected chi connectivity index (χ1v) is 35.2. The first-order valence-electron chi connectivity index (χ1n) is 31.5. The fourth-order valence-corrected chi connectivity index (χ4v) is 19.6. The molecule has 0 unspecified atom stereocenters. The van der Waals surface area contributed by atoms with Gasteiger partial charge in [0.2, 0.25) is 11.2 Å².